The Bertz CT molecular complexity index is 998. The molecule has 2 N–H and O–H groups in total. The largest absolute Gasteiger partial charge is 0.445 e. The second kappa shape index (κ2) is 8.35. The maximum atomic E-state index is 14.4. The van der Waals surface area contributed by atoms with Gasteiger partial charge in [-0.25, -0.2) is 17.6 Å². The molecule has 30 heavy (non-hydrogen) atoms. The third-order valence-corrected chi connectivity index (χ3v) is 5.06. The summed E-state index contributed by atoms with van der Waals surface area (Å²) in [5.74, 6) is -3.97. The number of anilines is 1. The molecule has 1 saturated heterocycles. The van der Waals surface area contributed by atoms with Crippen LogP contribution in [0.5, 0.6) is 5.75 Å². The Hall–Kier alpha value is -3.07. The smallest absolute Gasteiger partial charge is 0.288 e. The molecule has 2 aliphatic heterocycles. The molecule has 4 rings (SSSR count). The summed E-state index contributed by atoms with van der Waals surface area (Å²) in [4.78, 5) is 14.1. The number of carbonyl (C=O) groups excluding carboxylic acids is 1. The Morgan fingerprint density at radius 3 is 2.73 bits per heavy atom. The summed E-state index contributed by atoms with van der Waals surface area (Å²) < 4.78 is 61.6. The Balaban J connectivity index is 1.63. The Kier molecular flexibility index (Phi) is 5.63. The number of nitrogens with one attached hydrogen (secondary N) is 2. The van der Waals surface area contributed by atoms with E-state index in [4.69, 9.17) is 4.74 Å². The molecule has 0 aliphatic carbocycles. The Labute approximate surface area is 170 Å². The first-order chi connectivity index (χ1) is 14.4. The molecule has 0 spiro atoms. The zero-order valence-corrected chi connectivity index (χ0v) is 15.8. The normalized spacial score (nSPS) is 20.8. The third-order valence-electron chi connectivity index (χ3n) is 5.06. The van der Waals surface area contributed by atoms with Gasteiger partial charge in [-0.1, -0.05) is 18.2 Å². The van der Waals surface area contributed by atoms with Crippen LogP contribution < -0.4 is 20.3 Å². The van der Waals surface area contributed by atoms with Crippen molar-refractivity contribution < 1.29 is 27.1 Å². The molecule has 2 aromatic rings. The van der Waals surface area contributed by atoms with Crippen LogP contribution in [0.25, 0.3) is 0 Å². The van der Waals surface area contributed by atoms with Gasteiger partial charge in [0.25, 0.3) is 5.91 Å². The number of carbonyl (C=O) groups is 1. The molecule has 2 aromatic carbocycles. The number of amides is 1. The minimum absolute atomic E-state index is 0.0188. The maximum absolute atomic E-state index is 14.4. The van der Waals surface area contributed by atoms with Crippen LogP contribution in [0.3, 0.4) is 0 Å². The van der Waals surface area contributed by atoms with E-state index in [1.165, 1.54) is 35.4 Å². The number of fused-ring (bicyclic) bond motifs is 1. The van der Waals surface area contributed by atoms with Gasteiger partial charge in [-0.3, -0.25) is 4.79 Å². The number of benzene rings is 2. The van der Waals surface area contributed by atoms with Gasteiger partial charge in [0, 0.05) is 12.1 Å². The number of ether oxygens (including phenoxy) is 1. The molecule has 1 fully saturated rings. The van der Waals surface area contributed by atoms with Crippen LogP contribution in [-0.2, 0) is 11.3 Å². The van der Waals surface area contributed by atoms with Crippen molar-refractivity contribution >= 4 is 11.6 Å². The SMILES string of the molecule is O=C(NC1CCNCC1F)C1=CN(Cc2cccc(F)c2F)c2cccc(F)c2O1. The summed E-state index contributed by atoms with van der Waals surface area (Å²) >= 11 is 0. The van der Waals surface area contributed by atoms with Crippen LogP contribution in [0.1, 0.15) is 12.0 Å². The minimum Gasteiger partial charge on any atom is -0.445 e. The average Bonchev–Trinajstić information content (AvgIpc) is 2.73. The monoisotopic (exact) mass is 421 g/mol. The number of nitrogens with zero attached hydrogens (tertiary/aromatic N) is 1. The fraction of sp³-hybridized carbons (Fsp3) is 0.286. The number of piperidine rings is 1. The van der Waals surface area contributed by atoms with Crippen molar-refractivity contribution in [2.75, 3.05) is 18.0 Å². The first-order valence-electron chi connectivity index (χ1n) is 9.47. The first kappa shape index (κ1) is 20.2. The molecule has 2 atom stereocenters. The van der Waals surface area contributed by atoms with Gasteiger partial charge in [-0.2, -0.15) is 0 Å². The lowest BCUT2D eigenvalue weighted by atomic mass is 10.0. The molecular formula is C21H19F4N3O2. The van der Waals surface area contributed by atoms with E-state index >= 15 is 0 Å². The van der Waals surface area contributed by atoms with Crippen molar-refractivity contribution in [2.45, 2.75) is 25.2 Å². The van der Waals surface area contributed by atoms with Gasteiger partial charge >= 0.3 is 0 Å². The summed E-state index contributed by atoms with van der Waals surface area (Å²) in [5, 5.41) is 5.45. The van der Waals surface area contributed by atoms with Gasteiger partial charge in [-0.15, -0.1) is 0 Å². The number of halogens is 4. The van der Waals surface area contributed by atoms with E-state index in [2.05, 4.69) is 10.6 Å². The highest BCUT2D eigenvalue weighted by molar-refractivity contribution is 5.93. The van der Waals surface area contributed by atoms with Gasteiger partial charge in [0.1, 0.15) is 6.17 Å². The van der Waals surface area contributed by atoms with Gasteiger partial charge in [-0.05, 0) is 31.2 Å². The van der Waals surface area contributed by atoms with Gasteiger partial charge in [0.2, 0.25) is 5.76 Å². The third kappa shape index (κ3) is 3.97. The van der Waals surface area contributed by atoms with Crippen molar-refractivity contribution in [3.63, 3.8) is 0 Å². The highest BCUT2D eigenvalue weighted by Gasteiger charge is 2.31. The van der Waals surface area contributed by atoms with E-state index in [1.807, 2.05) is 0 Å². The van der Waals surface area contributed by atoms with E-state index in [0.29, 0.717) is 13.0 Å². The number of para-hydroxylation sites is 1. The summed E-state index contributed by atoms with van der Waals surface area (Å²) in [7, 11) is 0. The molecule has 158 valence electrons. The van der Waals surface area contributed by atoms with Gasteiger partial charge < -0.3 is 20.3 Å². The standard InChI is InChI=1S/C21H19F4N3O2/c22-13-4-1-3-12(19(13)25)10-28-11-18(30-20-14(23)5-2-6-17(20)28)21(29)27-16-7-8-26-9-15(16)24/h1-6,11,15-16,26H,7-10H2,(H,27,29). The molecule has 2 unspecified atom stereocenters. The zero-order chi connectivity index (χ0) is 21.3. The van der Waals surface area contributed by atoms with Crippen molar-refractivity contribution in [2.24, 2.45) is 0 Å². The molecule has 0 radical (unpaired) electrons. The predicted octanol–water partition coefficient (Wildman–Crippen LogP) is 3.16. The van der Waals surface area contributed by atoms with E-state index in [0.717, 1.165) is 12.1 Å². The number of hydrogen-bond donors (Lipinski definition) is 2. The van der Waals surface area contributed by atoms with E-state index in [1.54, 1.807) is 0 Å². The average molecular weight is 421 g/mol. The van der Waals surface area contributed by atoms with Crippen molar-refractivity contribution in [3.8, 4) is 5.75 Å². The quantitative estimate of drug-likeness (QED) is 0.745. The second-order valence-electron chi connectivity index (χ2n) is 7.11. The minimum atomic E-state index is -1.27. The summed E-state index contributed by atoms with van der Waals surface area (Å²) in [6.07, 6.45) is 0.396. The van der Waals surface area contributed by atoms with Gasteiger partial charge in [0.05, 0.1) is 24.5 Å². The topological polar surface area (TPSA) is 53.6 Å². The van der Waals surface area contributed by atoms with Crippen molar-refractivity contribution in [1.29, 1.82) is 0 Å². The fourth-order valence-electron chi connectivity index (χ4n) is 3.48. The highest BCUT2D eigenvalue weighted by Crippen LogP contribution is 2.37. The zero-order valence-electron chi connectivity index (χ0n) is 15.8. The summed E-state index contributed by atoms with van der Waals surface area (Å²) in [6, 6.07) is 7.16. The van der Waals surface area contributed by atoms with Crippen LogP contribution in [0.4, 0.5) is 23.2 Å². The predicted molar refractivity (Wildman–Crippen MR) is 102 cm³/mol. The fourth-order valence-corrected chi connectivity index (χ4v) is 3.48. The van der Waals surface area contributed by atoms with E-state index in [-0.39, 0.29) is 35.8 Å². The van der Waals surface area contributed by atoms with Crippen LogP contribution >= 0.6 is 0 Å². The van der Waals surface area contributed by atoms with E-state index in [9.17, 15) is 22.4 Å². The molecule has 2 aliphatic rings. The van der Waals surface area contributed by atoms with E-state index < -0.39 is 35.6 Å². The molecule has 5 nitrogen and oxygen atoms in total. The number of rotatable bonds is 4. The highest BCUT2D eigenvalue weighted by atomic mass is 19.2. The lowest BCUT2D eigenvalue weighted by Crippen LogP contribution is -2.51. The Morgan fingerprint density at radius 1 is 1.17 bits per heavy atom. The summed E-state index contributed by atoms with van der Waals surface area (Å²) in [6.45, 7) is 0.500. The number of hydrogen-bond acceptors (Lipinski definition) is 4. The lowest BCUT2D eigenvalue weighted by Gasteiger charge is -2.31. The molecular weight excluding hydrogens is 402 g/mol. The Morgan fingerprint density at radius 2 is 1.93 bits per heavy atom. The van der Waals surface area contributed by atoms with Gasteiger partial charge in [0.15, 0.2) is 23.2 Å². The molecule has 0 bridgehead atoms. The van der Waals surface area contributed by atoms with Crippen LogP contribution in [0, 0.1) is 17.5 Å². The maximum Gasteiger partial charge on any atom is 0.288 e. The molecule has 0 aromatic heterocycles. The van der Waals surface area contributed by atoms with Crippen LogP contribution in [0.15, 0.2) is 48.4 Å². The molecule has 9 heteroatoms. The lowest BCUT2D eigenvalue weighted by molar-refractivity contribution is -0.121. The molecule has 2 heterocycles. The first-order valence-corrected chi connectivity index (χ1v) is 9.47. The summed E-state index contributed by atoms with van der Waals surface area (Å²) in [5.41, 5.74) is 0.269. The van der Waals surface area contributed by atoms with Crippen molar-refractivity contribution in [1.82, 2.24) is 10.6 Å². The van der Waals surface area contributed by atoms with Crippen LogP contribution in [0.2, 0.25) is 0 Å². The molecule has 0 saturated carbocycles. The second-order valence-corrected chi connectivity index (χ2v) is 7.11. The molecule has 1 amide bonds. The van der Waals surface area contributed by atoms with Crippen molar-refractivity contribution in [3.05, 3.63) is 71.4 Å². The van der Waals surface area contributed by atoms with Crippen LogP contribution in [-0.4, -0.2) is 31.2 Å². The number of alkyl halides is 1.